The van der Waals surface area contributed by atoms with Crippen molar-refractivity contribution in [2.24, 2.45) is 11.8 Å². The third-order valence-electron chi connectivity index (χ3n) is 8.17. The summed E-state index contributed by atoms with van der Waals surface area (Å²) in [5.74, 6) is 0.987. The van der Waals surface area contributed by atoms with Crippen molar-refractivity contribution in [3.05, 3.63) is 101 Å². The summed E-state index contributed by atoms with van der Waals surface area (Å²) in [6.45, 7) is 1.42. The van der Waals surface area contributed by atoms with Gasteiger partial charge in [-0.25, -0.2) is 8.42 Å². The first-order chi connectivity index (χ1) is 17.0. The fourth-order valence-electron chi connectivity index (χ4n) is 6.44. The van der Waals surface area contributed by atoms with E-state index in [0.29, 0.717) is 55.1 Å². The summed E-state index contributed by atoms with van der Waals surface area (Å²) in [6, 6.07) is 26.1. The molecule has 2 bridgehead atoms. The van der Waals surface area contributed by atoms with Crippen LogP contribution < -0.4 is 5.32 Å². The first-order valence-electron chi connectivity index (χ1n) is 12.5. The van der Waals surface area contributed by atoms with Crippen LogP contribution in [0.2, 0.25) is 0 Å². The molecule has 1 amide bonds. The van der Waals surface area contributed by atoms with Gasteiger partial charge < -0.3 is 5.32 Å². The monoisotopic (exact) mass is 486 g/mol. The van der Waals surface area contributed by atoms with E-state index in [1.807, 2.05) is 6.07 Å². The van der Waals surface area contributed by atoms with Crippen molar-refractivity contribution in [1.29, 1.82) is 0 Å². The van der Waals surface area contributed by atoms with Gasteiger partial charge in [-0.05, 0) is 59.6 Å². The van der Waals surface area contributed by atoms with E-state index < -0.39 is 10.0 Å². The first-order valence-corrected chi connectivity index (χ1v) is 14.0. The van der Waals surface area contributed by atoms with Crippen molar-refractivity contribution >= 4 is 15.9 Å². The van der Waals surface area contributed by atoms with Crippen LogP contribution in [0.3, 0.4) is 0 Å². The molecule has 1 fully saturated rings. The molecule has 6 heteroatoms. The molecule has 0 spiro atoms. The molecule has 7 rings (SSSR count). The molecule has 1 N–H and O–H groups in total. The minimum Gasteiger partial charge on any atom is -0.356 e. The largest absolute Gasteiger partial charge is 0.356 e. The van der Waals surface area contributed by atoms with Crippen molar-refractivity contribution < 1.29 is 13.2 Å². The van der Waals surface area contributed by atoms with Gasteiger partial charge in [0.05, 0.1) is 4.90 Å². The van der Waals surface area contributed by atoms with Gasteiger partial charge in [0.25, 0.3) is 0 Å². The number of nitrogens with zero attached hydrogens (tertiary/aromatic N) is 1. The van der Waals surface area contributed by atoms with Crippen LogP contribution >= 0.6 is 0 Å². The number of sulfonamides is 1. The summed E-state index contributed by atoms with van der Waals surface area (Å²) in [5.41, 5.74) is 5.68. The van der Waals surface area contributed by atoms with E-state index in [-0.39, 0.29) is 11.8 Å². The average molecular weight is 487 g/mol. The van der Waals surface area contributed by atoms with Crippen LogP contribution in [0.1, 0.15) is 53.4 Å². The fraction of sp³-hybridized carbons (Fsp3) is 0.345. The van der Waals surface area contributed by atoms with Gasteiger partial charge in [0.15, 0.2) is 0 Å². The summed E-state index contributed by atoms with van der Waals surface area (Å²) >= 11 is 0. The molecular formula is C29H30N2O3S. The molecule has 1 saturated heterocycles. The Bertz CT molecular complexity index is 1300. The molecule has 0 radical (unpaired) electrons. The van der Waals surface area contributed by atoms with E-state index in [2.05, 4.69) is 53.8 Å². The molecule has 1 unspecified atom stereocenters. The molecule has 3 aromatic carbocycles. The van der Waals surface area contributed by atoms with Gasteiger partial charge in [-0.1, -0.05) is 66.7 Å². The second-order valence-corrected chi connectivity index (χ2v) is 12.0. The van der Waals surface area contributed by atoms with E-state index in [0.717, 1.165) is 6.42 Å². The Kier molecular flexibility index (Phi) is 5.73. The highest BCUT2D eigenvalue weighted by molar-refractivity contribution is 7.89. The summed E-state index contributed by atoms with van der Waals surface area (Å²) in [7, 11) is -3.50. The number of piperidine rings is 1. The topological polar surface area (TPSA) is 66.5 Å². The number of carbonyl (C=O) groups is 1. The lowest BCUT2D eigenvalue weighted by atomic mass is 9.59. The van der Waals surface area contributed by atoms with Crippen LogP contribution in [0.5, 0.6) is 0 Å². The second-order valence-electron chi connectivity index (χ2n) is 10.0. The van der Waals surface area contributed by atoms with E-state index in [1.165, 1.54) is 26.6 Å². The number of hydrogen-bond donors (Lipinski definition) is 1. The molecule has 0 saturated carbocycles. The number of amides is 1. The number of fused-ring (bicyclic) bond motifs is 1. The molecule has 35 heavy (non-hydrogen) atoms. The molecule has 1 heterocycles. The van der Waals surface area contributed by atoms with Crippen molar-refractivity contribution in [2.45, 2.75) is 36.0 Å². The van der Waals surface area contributed by atoms with Gasteiger partial charge in [0.1, 0.15) is 0 Å². The van der Waals surface area contributed by atoms with Crippen LogP contribution in [0, 0.1) is 11.8 Å². The van der Waals surface area contributed by atoms with E-state index in [9.17, 15) is 13.2 Å². The SMILES string of the molecule is O=C(NCC1CC2c3ccccc3C1c1ccccc12)C1CCN(S(=O)(=O)c2ccccc2)CC1. The zero-order valence-electron chi connectivity index (χ0n) is 19.6. The van der Waals surface area contributed by atoms with Gasteiger partial charge >= 0.3 is 0 Å². The van der Waals surface area contributed by atoms with Gasteiger partial charge in [-0.15, -0.1) is 0 Å². The molecule has 1 aliphatic heterocycles. The Morgan fingerprint density at radius 3 is 1.94 bits per heavy atom. The molecule has 4 aliphatic rings. The third-order valence-corrected chi connectivity index (χ3v) is 10.1. The number of hydrogen-bond acceptors (Lipinski definition) is 3. The quantitative estimate of drug-likeness (QED) is 0.577. The predicted molar refractivity (Wildman–Crippen MR) is 136 cm³/mol. The Hall–Kier alpha value is -2.96. The van der Waals surface area contributed by atoms with E-state index in [4.69, 9.17) is 0 Å². The highest BCUT2D eigenvalue weighted by Gasteiger charge is 2.43. The van der Waals surface area contributed by atoms with Crippen molar-refractivity contribution in [1.82, 2.24) is 9.62 Å². The Morgan fingerprint density at radius 1 is 0.800 bits per heavy atom. The standard InChI is InChI=1S/C29H30N2O3S/c32-29(20-14-16-31(17-15-20)35(33,34)22-8-2-1-3-9-22)30-19-21-18-27-23-10-4-6-12-25(23)28(21)26-13-7-5-11-24(26)27/h1-13,20-21,27-28H,14-19H2,(H,30,32). The normalized spacial score (nSPS) is 23.9. The van der Waals surface area contributed by atoms with Crippen LogP contribution in [0.4, 0.5) is 0 Å². The number of carbonyl (C=O) groups excluding carboxylic acids is 1. The van der Waals surface area contributed by atoms with Crippen molar-refractivity contribution in [2.75, 3.05) is 19.6 Å². The molecule has 0 aromatic heterocycles. The summed E-state index contributed by atoms with van der Waals surface area (Å²) < 4.78 is 27.3. The molecule has 3 aromatic rings. The summed E-state index contributed by atoms with van der Waals surface area (Å²) in [4.78, 5) is 13.4. The maximum atomic E-state index is 13.1. The molecule has 180 valence electrons. The first kappa shape index (κ1) is 22.5. The highest BCUT2D eigenvalue weighted by atomic mass is 32.2. The molecule has 1 atom stereocenters. The summed E-state index contributed by atoms with van der Waals surface area (Å²) in [5, 5.41) is 3.25. The van der Waals surface area contributed by atoms with Gasteiger partial charge in [-0.3, -0.25) is 4.79 Å². The number of nitrogens with one attached hydrogen (secondary N) is 1. The van der Waals surface area contributed by atoms with Crippen LogP contribution in [-0.4, -0.2) is 38.3 Å². The Labute approximate surface area is 207 Å². The fourth-order valence-corrected chi connectivity index (χ4v) is 7.93. The highest BCUT2D eigenvalue weighted by Crippen LogP contribution is 2.55. The summed E-state index contributed by atoms with van der Waals surface area (Å²) in [6.07, 6.45) is 2.16. The molecular weight excluding hydrogens is 456 g/mol. The number of benzene rings is 3. The molecule has 3 aliphatic carbocycles. The Balaban J connectivity index is 1.11. The second kappa shape index (κ2) is 8.92. The van der Waals surface area contributed by atoms with Crippen molar-refractivity contribution in [3.8, 4) is 0 Å². The van der Waals surface area contributed by atoms with E-state index >= 15 is 0 Å². The minimum atomic E-state index is -3.50. The zero-order valence-corrected chi connectivity index (χ0v) is 20.5. The lowest BCUT2D eigenvalue weighted by Crippen LogP contribution is -2.45. The predicted octanol–water partition coefficient (Wildman–Crippen LogP) is 4.50. The molecule has 5 nitrogen and oxygen atoms in total. The maximum Gasteiger partial charge on any atom is 0.243 e. The number of rotatable bonds is 5. The van der Waals surface area contributed by atoms with Gasteiger partial charge in [-0.2, -0.15) is 4.31 Å². The third kappa shape index (κ3) is 3.89. The maximum absolute atomic E-state index is 13.1. The average Bonchev–Trinajstić information content (AvgIpc) is 2.92. The van der Waals surface area contributed by atoms with Crippen LogP contribution in [-0.2, 0) is 14.8 Å². The van der Waals surface area contributed by atoms with Gasteiger partial charge in [0.2, 0.25) is 15.9 Å². The van der Waals surface area contributed by atoms with Crippen LogP contribution in [0.15, 0.2) is 83.8 Å². The Morgan fingerprint density at radius 2 is 1.34 bits per heavy atom. The smallest absolute Gasteiger partial charge is 0.243 e. The minimum absolute atomic E-state index is 0.0600. The van der Waals surface area contributed by atoms with E-state index in [1.54, 1.807) is 24.3 Å². The zero-order chi connectivity index (χ0) is 24.0. The van der Waals surface area contributed by atoms with Crippen molar-refractivity contribution in [3.63, 3.8) is 0 Å². The lowest BCUT2D eigenvalue weighted by Gasteiger charge is -2.45. The van der Waals surface area contributed by atoms with Crippen LogP contribution in [0.25, 0.3) is 0 Å². The van der Waals surface area contributed by atoms with Gasteiger partial charge in [0, 0.05) is 37.4 Å². The lowest BCUT2D eigenvalue weighted by molar-refractivity contribution is -0.126.